The molecular weight excluding hydrogens is 244 g/mol. The average molecular weight is 264 g/mol. The van der Waals surface area contributed by atoms with E-state index in [1.807, 2.05) is 0 Å². The van der Waals surface area contributed by atoms with Gasteiger partial charge in [-0.05, 0) is 51.8 Å². The van der Waals surface area contributed by atoms with Crippen molar-refractivity contribution >= 4 is 11.5 Å². The molecule has 0 aromatic carbocycles. The third-order valence-corrected chi connectivity index (χ3v) is 3.70. The van der Waals surface area contributed by atoms with Crippen LogP contribution in [0.4, 0.5) is 11.5 Å². The molecule has 0 spiro atoms. The van der Waals surface area contributed by atoms with Gasteiger partial charge in [-0.2, -0.15) is 0 Å². The lowest BCUT2D eigenvalue weighted by Gasteiger charge is -2.29. The van der Waals surface area contributed by atoms with Gasteiger partial charge in [0.2, 0.25) is 0 Å². The van der Waals surface area contributed by atoms with Crippen LogP contribution in [0.5, 0.6) is 0 Å². The smallest absolute Gasteiger partial charge is 0.290 e. The Morgan fingerprint density at radius 2 is 2.42 bits per heavy atom. The van der Waals surface area contributed by atoms with E-state index in [9.17, 15) is 10.1 Å². The van der Waals surface area contributed by atoms with Gasteiger partial charge in [-0.25, -0.2) is 4.98 Å². The van der Waals surface area contributed by atoms with E-state index >= 15 is 0 Å². The summed E-state index contributed by atoms with van der Waals surface area (Å²) in [5, 5.41) is 17.5. The van der Waals surface area contributed by atoms with Crippen molar-refractivity contribution in [3.05, 3.63) is 27.9 Å². The standard InChI is InChI=1S/C13H20N4O2/c1-9-6-13(15-8-12(9)17(18)19)16-10(2)11-4-3-5-14-7-11/h6,8,10-11,14H,3-5,7H2,1-2H3,(H,15,16). The van der Waals surface area contributed by atoms with Crippen LogP contribution in [0.2, 0.25) is 0 Å². The molecule has 6 heteroatoms. The summed E-state index contributed by atoms with van der Waals surface area (Å²) in [4.78, 5) is 14.5. The second-order valence-corrected chi connectivity index (χ2v) is 5.15. The monoisotopic (exact) mass is 264 g/mol. The lowest BCUT2D eigenvalue weighted by atomic mass is 9.93. The fourth-order valence-corrected chi connectivity index (χ4v) is 2.48. The first-order chi connectivity index (χ1) is 9.08. The normalized spacial score (nSPS) is 20.8. The molecule has 104 valence electrons. The number of hydrogen-bond donors (Lipinski definition) is 2. The van der Waals surface area contributed by atoms with Gasteiger partial charge >= 0.3 is 0 Å². The number of nitrogens with one attached hydrogen (secondary N) is 2. The zero-order valence-electron chi connectivity index (χ0n) is 11.3. The minimum absolute atomic E-state index is 0.0672. The van der Waals surface area contributed by atoms with E-state index < -0.39 is 4.92 Å². The Balaban J connectivity index is 2.02. The summed E-state index contributed by atoms with van der Waals surface area (Å²) in [7, 11) is 0. The van der Waals surface area contributed by atoms with Crippen LogP contribution in [0.15, 0.2) is 12.3 Å². The molecule has 1 saturated heterocycles. The lowest BCUT2D eigenvalue weighted by molar-refractivity contribution is -0.385. The highest BCUT2D eigenvalue weighted by atomic mass is 16.6. The number of nitrogens with zero attached hydrogens (tertiary/aromatic N) is 2. The maximum atomic E-state index is 10.7. The number of piperidine rings is 1. The molecule has 0 saturated carbocycles. The number of anilines is 1. The third kappa shape index (κ3) is 3.41. The first-order valence-corrected chi connectivity index (χ1v) is 6.66. The Kier molecular flexibility index (Phi) is 4.31. The predicted octanol–water partition coefficient (Wildman–Crippen LogP) is 2.10. The molecule has 1 aromatic heterocycles. The Labute approximate surface area is 112 Å². The van der Waals surface area contributed by atoms with E-state index in [1.165, 1.54) is 19.0 Å². The van der Waals surface area contributed by atoms with E-state index in [0.717, 1.165) is 13.1 Å². The van der Waals surface area contributed by atoms with Crippen molar-refractivity contribution < 1.29 is 4.92 Å². The molecule has 1 fully saturated rings. The molecule has 2 unspecified atom stereocenters. The molecule has 2 atom stereocenters. The number of aromatic nitrogens is 1. The third-order valence-electron chi connectivity index (χ3n) is 3.70. The van der Waals surface area contributed by atoms with E-state index in [0.29, 0.717) is 23.3 Å². The van der Waals surface area contributed by atoms with Crippen molar-refractivity contribution in [1.82, 2.24) is 10.3 Å². The Bertz CT molecular complexity index is 458. The van der Waals surface area contributed by atoms with Gasteiger partial charge < -0.3 is 10.6 Å². The summed E-state index contributed by atoms with van der Waals surface area (Å²) in [6, 6.07) is 2.05. The van der Waals surface area contributed by atoms with Gasteiger partial charge in [0.25, 0.3) is 5.69 Å². The minimum atomic E-state index is -0.402. The first-order valence-electron chi connectivity index (χ1n) is 6.66. The van der Waals surface area contributed by atoms with Gasteiger partial charge in [0.05, 0.1) is 4.92 Å². The molecule has 2 heterocycles. The van der Waals surface area contributed by atoms with Crippen LogP contribution in [0.3, 0.4) is 0 Å². The molecule has 0 radical (unpaired) electrons. The van der Waals surface area contributed by atoms with Gasteiger partial charge in [-0.1, -0.05) is 0 Å². The van der Waals surface area contributed by atoms with Gasteiger partial charge in [-0.15, -0.1) is 0 Å². The van der Waals surface area contributed by atoms with Crippen molar-refractivity contribution in [3.8, 4) is 0 Å². The highest BCUT2D eigenvalue weighted by molar-refractivity contribution is 5.47. The fourth-order valence-electron chi connectivity index (χ4n) is 2.48. The fraction of sp³-hybridized carbons (Fsp3) is 0.615. The van der Waals surface area contributed by atoms with E-state index in [-0.39, 0.29) is 5.69 Å². The molecule has 1 aromatic rings. The molecular formula is C13H20N4O2. The molecule has 6 nitrogen and oxygen atoms in total. The molecule has 1 aliphatic rings. The molecule has 2 rings (SSSR count). The second kappa shape index (κ2) is 5.97. The van der Waals surface area contributed by atoms with Crippen molar-refractivity contribution in [1.29, 1.82) is 0 Å². The zero-order valence-corrected chi connectivity index (χ0v) is 11.3. The summed E-state index contributed by atoms with van der Waals surface area (Å²) in [6.45, 7) is 5.98. The maximum absolute atomic E-state index is 10.7. The van der Waals surface area contributed by atoms with Crippen molar-refractivity contribution in [3.63, 3.8) is 0 Å². The van der Waals surface area contributed by atoms with Crippen LogP contribution in [0.25, 0.3) is 0 Å². The van der Waals surface area contributed by atoms with Crippen LogP contribution in [-0.4, -0.2) is 29.0 Å². The molecule has 19 heavy (non-hydrogen) atoms. The van der Waals surface area contributed by atoms with Crippen molar-refractivity contribution in [2.45, 2.75) is 32.7 Å². The first kappa shape index (κ1) is 13.7. The van der Waals surface area contributed by atoms with E-state index in [4.69, 9.17) is 0 Å². The topological polar surface area (TPSA) is 80.1 Å². The number of pyridine rings is 1. The van der Waals surface area contributed by atoms with Gasteiger partial charge in [0, 0.05) is 11.6 Å². The van der Waals surface area contributed by atoms with Gasteiger partial charge in [0.15, 0.2) is 0 Å². The summed E-state index contributed by atoms with van der Waals surface area (Å²) >= 11 is 0. The van der Waals surface area contributed by atoms with Gasteiger partial charge in [0.1, 0.15) is 12.0 Å². The molecule has 1 aliphatic heterocycles. The molecule has 0 bridgehead atoms. The SMILES string of the molecule is Cc1cc(NC(C)C2CCCNC2)ncc1[N+](=O)[O-]. The number of rotatable bonds is 4. The van der Waals surface area contributed by atoms with E-state index in [1.54, 1.807) is 13.0 Å². The Morgan fingerprint density at radius 1 is 1.63 bits per heavy atom. The summed E-state index contributed by atoms with van der Waals surface area (Å²) < 4.78 is 0. The number of nitro groups is 1. The van der Waals surface area contributed by atoms with Crippen LogP contribution in [0, 0.1) is 23.0 Å². The summed E-state index contributed by atoms with van der Waals surface area (Å²) in [6.07, 6.45) is 3.72. The van der Waals surface area contributed by atoms with Crippen molar-refractivity contribution in [2.75, 3.05) is 18.4 Å². The molecule has 2 N–H and O–H groups in total. The highest BCUT2D eigenvalue weighted by Gasteiger charge is 2.20. The Hall–Kier alpha value is -1.69. The number of aryl methyl sites for hydroxylation is 1. The quantitative estimate of drug-likeness (QED) is 0.643. The predicted molar refractivity (Wildman–Crippen MR) is 74.3 cm³/mol. The maximum Gasteiger partial charge on any atom is 0.290 e. The summed E-state index contributed by atoms with van der Waals surface area (Å²) in [5.41, 5.74) is 0.703. The largest absolute Gasteiger partial charge is 0.367 e. The second-order valence-electron chi connectivity index (χ2n) is 5.15. The van der Waals surface area contributed by atoms with Crippen LogP contribution in [-0.2, 0) is 0 Å². The van der Waals surface area contributed by atoms with Crippen LogP contribution >= 0.6 is 0 Å². The molecule has 0 amide bonds. The number of hydrogen-bond acceptors (Lipinski definition) is 5. The van der Waals surface area contributed by atoms with Crippen LogP contribution in [0.1, 0.15) is 25.3 Å². The van der Waals surface area contributed by atoms with Gasteiger partial charge in [-0.3, -0.25) is 10.1 Å². The lowest BCUT2D eigenvalue weighted by Crippen LogP contribution is -2.38. The Morgan fingerprint density at radius 3 is 3.00 bits per heavy atom. The summed E-state index contributed by atoms with van der Waals surface area (Å²) in [5.74, 6) is 1.28. The highest BCUT2D eigenvalue weighted by Crippen LogP contribution is 2.21. The van der Waals surface area contributed by atoms with Crippen LogP contribution < -0.4 is 10.6 Å². The minimum Gasteiger partial charge on any atom is -0.367 e. The zero-order chi connectivity index (χ0) is 13.8. The molecule has 0 aliphatic carbocycles. The van der Waals surface area contributed by atoms with E-state index in [2.05, 4.69) is 22.5 Å². The van der Waals surface area contributed by atoms with Crippen molar-refractivity contribution in [2.24, 2.45) is 5.92 Å². The average Bonchev–Trinajstić information content (AvgIpc) is 2.39.